The van der Waals surface area contributed by atoms with Crippen LogP contribution in [-0.4, -0.2) is 33.3 Å². The molecule has 0 amide bonds. The third-order valence-corrected chi connectivity index (χ3v) is 5.19. The van der Waals surface area contributed by atoms with Crippen LogP contribution in [-0.2, 0) is 10.1 Å². The van der Waals surface area contributed by atoms with Gasteiger partial charge in [-0.2, -0.15) is 0 Å². The number of fused-ring (bicyclic) bond motifs is 3. The van der Waals surface area contributed by atoms with Gasteiger partial charge in [0.2, 0.25) is 5.78 Å². The van der Waals surface area contributed by atoms with Crippen LogP contribution in [0.4, 0.5) is 11.4 Å². The molecule has 0 aliphatic carbocycles. The van der Waals surface area contributed by atoms with Gasteiger partial charge in [0, 0.05) is 11.3 Å². The number of aromatic nitrogens is 3. The maximum Gasteiger partial charge on any atom is 1.00 e. The number of para-hydroxylation sites is 2. The zero-order chi connectivity index (χ0) is 21.6. The largest absolute Gasteiger partial charge is 1.00 e. The van der Waals surface area contributed by atoms with Crippen molar-refractivity contribution in [2.45, 2.75) is 11.8 Å². The number of carbonyl (C=O) groups excluding carboxylic acids is 1. The van der Waals surface area contributed by atoms with Crippen molar-refractivity contribution in [2.75, 3.05) is 0 Å². The summed E-state index contributed by atoms with van der Waals surface area (Å²) >= 11 is 0. The molecule has 14 heteroatoms. The number of aryl methyl sites for hydroxylation is 1. The van der Waals surface area contributed by atoms with Crippen molar-refractivity contribution in [1.82, 2.24) is 14.4 Å². The van der Waals surface area contributed by atoms with E-state index in [2.05, 4.69) is 20.2 Å². The molecule has 0 spiro atoms. The number of nitrogens with one attached hydrogen (secondary N) is 1. The predicted molar refractivity (Wildman–Crippen MR) is 101 cm³/mol. The summed E-state index contributed by atoms with van der Waals surface area (Å²) in [5.41, 5.74) is -0.0995. The minimum atomic E-state index is -4.87. The Hall–Kier alpha value is -1.90. The average molecular weight is 471 g/mol. The molecule has 0 unspecified atom stereocenters. The zero-order valence-corrected chi connectivity index (χ0v) is 22.0. The van der Waals surface area contributed by atoms with Crippen LogP contribution in [0.25, 0.3) is 16.8 Å². The first kappa shape index (κ1) is 26.4. The summed E-state index contributed by atoms with van der Waals surface area (Å²) < 4.78 is 34.7. The van der Waals surface area contributed by atoms with E-state index in [4.69, 9.17) is 0 Å². The van der Waals surface area contributed by atoms with Gasteiger partial charge in [-0.15, -0.1) is 10.2 Å². The smallest absolute Gasteiger partial charge is 0.744 e. The van der Waals surface area contributed by atoms with Crippen LogP contribution >= 0.6 is 0 Å². The summed E-state index contributed by atoms with van der Waals surface area (Å²) in [6.07, 6.45) is 0. The Morgan fingerprint density at radius 3 is 2.47 bits per heavy atom. The first-order valence-corrected chi connectivity index (χ1v) is 9.81. The van der Waals surface area contributed by atoms with E-state index in [9.17, 15) is 27.7 Å². The third-order valence-electron chi connectivity index (χ3n) is 4.36. The normalized spacial score (nSPS) is 11.4. The van der Waals surface area contributed by atoms with Crippen LogP contribution < -0.4 is 69.8 Å². The number of H-pyrrole nitrogens is 1. The summed E-state index contributed by atoms with van der Waals surface area (Å²) in [5.74, 6) is -1.45. The molecule has 152 valence electrons. The van der Waals surface area contributed by atoms with E-state index >= 15 is 0 Å². The molecule has 4 aromatic rings. The van der Waals surface area contributed by atoms with Gasteiger partial charge in [0.05, 0.1) is 27.6 Å². The Morgan fingerprint density at radius 1 is 1.12 bits per heavy atom. The van der Waals surface area contributed by atoms with Crippen LogP contribution in [0.3, 0.4) is 0 Å². The topological polar surface area (TPSA) is 172 Å². The molecule has 2 aromatic heterocycles. The fourth-order valence-corrected chi connectivity index (χ4v) is 3.45. The van der Waals surface area contributed by atoms with Crippen molar-refractivity contribution in [3.63, 3.8) is 0 Å². The summed E-state index contributed by atoms with van der Waals surface area (Å²) in [6, 6.07) is 9.49. The average Bonchev–Trinajstić information content (AvgIpc) is 3.05. The number of rotatable bonds is 4. The first-order valence-electron chi connectivity index (χ1n) is 8.40. The molecule has 2 heterocycles. The number of hydrogen-bond acceptors (Lipinski definition) is 9. The maximum atomic E-state index is 12.9. The summed E-state index contributed by atoms with van der Waals surface area (Å²) in [6.45, 7) is 1.57. The molecule has 0 radical (unpaired) electrons. The number of imidazole rings is 1. The van der Waals surface area contributed by atoms with E-state index < -0.39 is 32.1 Å². The number of nitrogens with zero attached hydrogens (tertiary/aromatic N) is 4. The van der Waals surface area contributed by atoms with E-state index in [1.807, 2.05) is 0 Å². The van der Waals surface area contributed by atoms with E-state index in [0.717, 1.165) is 12.1 Å². The van der Waals surface area contributed by atoms with Crippen LogP contribution in [0.1, 0.15) is 16.1 Å². The van der Waals surface area contributed by atoms with Gasteiger partial charge in [-0.3, -0.25) is 4.79 Å². The second-order valence-corrected chi connectivity index (χ2v) is 7.66. The molecule has 0 fully saturated rings. The second kappa shape index (κ2) is 9.93. The number of hydrogen-bond donors (Lipinski definition) is 1. The first-order chi connectivity index (χ1) is 14.2. The Bertz CT molecular complexity index is 1550. The molecular formula is C18H11N5Na2O6S. The second-order valence-electron chi connectivity index (χ2n) is 6.28. The summed E-state index contributed by atoms with van der Waals surface area (Å²) in [4.78, 5) is 30.8. The third kappa shape index (κ3) is 4.87. The molecule has 4 rings (SSSR count). The summed E-state index contributed by atoms with van der Waals surface area (Å²) in [7, 11) is -4.87. The van der Waals surface area contributed by atoms with Crippen LogP contribution in [0.2, 0.25) is 0 Å². The number of benzene rings is 2. The maximum absolute atomic E-state index is 12.9. The number of carboxylic acids is 1. The molecule has 0 aliphatic rings. The molecule has 0 bridgehead atoms. The Labute approximate surface area is 224 Å². The van der Waals surface area contributed by atoms with E-state index in [1.54, 1.807) is 31.2 Å². The number of aromatic carboxylic acids is 1. The minimum absolute atomic E-state index is 0. The molecular weight excluding hydrogens is 460 g/mol. The number of azo groups is 1. The Kier molecular flexibility index (Phi) is 8.18. The van der Waals surface area contributed by atoms with Crippen molar-refractivity contribution in [1.29, 1.82) is 0 Å². The van der Waals surface area contributed by atoms with E-state index in [1.165, 1.54) is 4.40 Å². The van der Waals surface area contributed by atoms with Gasteiger partial charge in [0.15, 0.2) is 5.69 Å². The molecule has 0 atom stereocenters. The molecule has 0 saturated heterocycles. The Balaban J connectivity index is 0.00000181. The van der Waals surface area contributed by atoms with Gasteiger partial charge in [-0.1, -0.05) is 12.1 Å². The van der Waals surface area contributed by atoms with E-state index in [-0.39, 0.29) is 70.5 Å². The van der Waals surface area contributed by atoms with Gasteiger partial charge in [-0.25, -0.2) is 17.8 Å². The van der Waals surface area contributed by atoms with Gasteiger partial charge in [0.1, 0.15) is 10.1 Å². The number of carboxylic acid groups (broad SMARTS) is 1. The minimum Gasteiger partial charge on any atom is -0.744 e. The van der Waals surface area contributed by atoms with Crippen molar-refractivity contribution < 1.29 is 82.0 Å². The predicted octanol–water partition coefficient (Wildman–Crippen LogP) is -4.82. The van der Waals surface area contributed by atoms with Crippen molar-refractivity contribution in [3.8, 4) is 0 Å². The van der Waals surface area contributed by atoms with E-state index in [0.29, 0.717) is 28.6 Å². The standard InChI is InChI=1S/C18H13N5O6S.2Na/c1-9-15(16(24)23-14-5-3-2-4-13(14)20-18(23)19-9)22-21-12-7-6-10(30(27,28)29)8-11(12)17(25)26;;/h2-8H,1H3,(H,19,20)(H,25,26)(H,27,28,29);;/q;2*+1/p-2. The molecule has 0 saturated carbocycles. The fraction of sp³-hybridized carbons (Fsp3) is 0.0556. The molecule has 0 aliphatic heterocycles. The van der Waals surface area contributed by atoms with Crippen LogP contribution in [0, 0.1) is 6.92 Å². The quantitative estimate of drug-likeness (QED) is 0.177. The van der Waals surface area contributed by atoms with Gasteiger partial charge in [-0.05, 0) is 37.3 Å². The van der Waals surface area contributed by atoms with Gasteiger partial charge in [0.25, 0.3) is 5.56 Å². The zero-order valence-electron chi connectivity index (χ0n) is 17.2. The SMILES string of the molecule is Cc1[nH]c2nc3ccccc3n2c(=O)c1N=Nc1ccc(S(=O)(=O)[O-])cc1C(=O)[O-].[Na+].[Na+]. The molecule has 11 nitrogen and oxygen atoms in total. The molecule has 32 heavy (non-hydrogen) atoms. The number of aromatic amines is 1. The molecule has 1 N–H and O–H groups in total. The monoisotopic (exact) mass is 471 g/mol. The summed E-state index contributed by atoms with van der Waals surface area (Å²) in [5, 5.41) is 19.0. The van der Waals surface area contributed by atoms with Crippen molar-refractivity contribution >= 4 is 44.3 Å². The van der Waals surface area contributed by atoms with Crippen LogP contribution in [0.5, 0.6) is 0 Å². The van der Waals surface area contributed by atoms with Crippen LogP contribution in [0.15, 0.2) is 62.4 Å². The fourth-order valence-electron chi connectivity index (χ4n) is 2.95. The van der Waals surface area contributed by atoms with Crippen molar-refractivity contribution in [2.24, 2.45) is 10.2 Å². The molecule has 2 aromatic carbocycles. The Morgan fingerprint density at radius 2 is 1.81 bits per heavy atom. The number of carbonyl (C=O) groups is 1. The van der Waals surface area contributed by atoms with Gasteiger partial charge >= 0.3 is 59.1 Å². The van der Waals surface area contributed by atoms with Gasteiger partial charge < -0.3 is 19.4 Å². The van der Waals surface area contributed by atoms with Crippen molar-refractivity contribution in [3.05, 3.63) is 64.1 Å².